The third kappa shape index (κ3) is 3.31. The Morgan fingerprint density at radius 3 is 2.25 bits per heavy atom. The lowest BCUT2D eigenvalue weighted by molar-refractivity contribution is -0.126. The number of hydrogen-bond acceptors (Lipinski definition) is 3. The quantitative estimate of drug-likeness (QED) is 0.733. The van der Waals surface area contributed by atoms with Crippen LogP contribution in [-0.2, 0) is 14.8 Å². The SMILES string of the molecule is CCN(CC)C(=O)C1=C(c2ccccc2)c2cc(Cl)ccc2N(CC)S1(=O)=O. The molecule has 0 saturated heterocycles. The summed E-state index contributed by atoms with van der Waals surface area (Å²) in [5, 5.41) is 0.483. The van der Waals surface area contributed by atoms with Crippen LogP contribution >= 0.6 is 11.6 Å². The molecule has 0 aliphatic carbocycles. The van der Waals surface area contributed by atoms with Crippen LogP contribution < -0.4 is 4.31 Å². The summed E-state index contributed by atoms with van der Waals surface area (Å²) in [6, 6.07) is 14.2. The molecule has 0 saturated carbocycles. The zero-order valence-corrected chi connectivity index (χ0v) is 17.7. The van der Waals surface area contributed by atoms with Crippen molar-refractivity contribution in [2.75, 3.05) is 23.9 Å². The molecule has 0 atom stereocenters. The van der Waals surface area contributed by atoms with Gasteiger partial charge in [0, 0.05) is 35.8 Å². The van der Waals surface area contributed by atoms with E-state index in [1.54, 1.807) is 25.1 Å². The number of carbonyl (C=O) groups excluding carboxylic acids is 1. The number of nitrogens with zero attached hydrogens (tertiary/aromatic N) is 2. The van der Waals surface area contributed by atoms with E-state index in [1.807, 2.05) is 44.2 Å². The van der Waals surface area contributed by atoms with E-state index in [4.69, 9.17) is 11.6 Å². The largest absolute Gasteiger partial charge is 0.339 e. The highest BCUT2D eigenvalue weighted by Crippen LogP contribution is 2.44. The molecule has 1 amide bonds. The third-order valence-electron chi connectivity index (χ3n) is 4.87. The zero-order valence-electron chi connectivity index (χ0n) is 16.1. The minimum Gasteiger partial charge on any atom is -0.339 e. The maximum atomic E-state index is 13.5. The molecule has 0 aromatic heterocycles. The minimum atomic E-state index is -4.02. The molecule has 0 radical (unpaired) electrons. The second-order valence-corrected chi connectivity index (χ2v) is 8.61. The highest BCUT2D eigenvalue weighted by molar-refractivity contribution is 7.97. The molecular formula is C21H23ClN2O3S. The Bertz CT molecular complexity index is 1030. The van der Waals surface area contributed by atoms with Crippen LogP contribution in [0.3, 0.4) is 0 Å². The summed E-state index contributed by atoms with van der Waals surface area (Å²) in [6.07, 6.45) is 0. The molecule has 0 N–H and O–H groups in total. The highest BCUT2D eigenvalue weighted by atomic mass is 35.5. The number of likely N-dealkylation sites (N-methyl/N-ethyl adjacent to an activating group) is 1. The maximum absolute atomic E-state index is 13.5. The van der Waals surface area contributed by atoms with Gasteiger partial charge in [0.05, 0.1) is 5.69 Å². The van der Waals surface area contributed by atoms with E-state index in [0.29, 0.717) is 40.5 Å². The van der Waals surface area contributed by atoms with Crippen molar-refractivity contribution in [1.82, 2.24) is 4.90 Å². The average Bonchev–Trinajstić information content (AvgIpc) is 2.68. The van der Waals surface area contributed by atoms with Crippen LogP contribution in [0.4, 0.5) is 5.69 Å². The third-order valence-corrected chi connectivity index (χ3v) is 7.03. The van der Waals surface area contributed by atoms with Crippen LogP contribution in [0.5, 0.6) is 0 Å². The molecule has 2 aromatic rings. The summed E-state index contributed by atoms with van der Waals surface area (Å²) in [4.78, 5) is 14.7. The van der Waals surface area contributed by atoms with E-state index in [1.165, 1.54) is 9.21 Å². The second kappa shape index (κ2) is 7.97. The fourth-order valence-corrected chi connectivity index (χ4v) is 5.51. The second-order valence-electron chi connectivity index (χ2n) is 6.38. The van der Waals surface area contributed by atoms with E-state index in [2.05, 4.69) is 0 Å². The van der Waals surface area contributed by atoms with Gasteiger partial charge in [0.25, 0.3) is 15.9 Å². The van der Waals surface area contributed by atoms with Gasteiger partial charge in [-0.05, 0) is 44.5 Å². The molecule has 0 bridgehead atoms. The predicted octanol–water partition coefficient (Wildman–Crippen LogP) is 4.14. The van der Waals surface area contributed by atoms with Gasteiger partial charge in [0.2, 0.25) is 0 Å². The number of anilines is 1. The first kappa shape index (κ1) is 20.4. The van der Waals surface area contributed by atoms with Gasteiger partial charge in [-0.3, -0.25) is 9.10 Å². The molecule has 0 unspecified atom stereocenters. The van der Waals surface area contributed by atoms with E-state index in [-0.39, 0.29) is 11.4 Å². The molecule has 1 aliphatic rings. The van der Waals surface area contributed by atoms with Crippen molar-refractivity contribution in [3.63, 3.8) is 0 Å². The average molecular weight is 419 g/mol. The van der Waals surface area contributed by atoms with Crippen LogP contribution in [0.2, 0.25) is 5.02 Å². The maximum Gasteiger partial charge on any atom is 0.270 e. The first-order chi connectivity index (χ1) is 13.4. The normalized spacial score (nSPS) is 15.4. The Balaban J connectivity index is 2.45. The van der Waals surface area contributed by atoms with Crippen LogP contribution in [0.15, 0.2) is 53.4 Å². The summed E-state index contributed by atoms with van der Waals surface area (Å²) in [6.45, 7) is 6.48. The summed E-state index contributed by atoms with van der Waals surface area (Å²) in [7, 11) is -4.02. The Morgan fingerprint density at radius 2 is 1.68 bits per heavy atom. The van der Waals surface area contributed by atoms with Gasteiger partial charge < -0.3 is 4.90 Å². The monoisotopic (exact) mass is 418 g/mol. The van der Waals surface area contributed by atoms with Gasteiger partial charge in [-0.25, -0.2) is 8.42 Å². The van der Waals surface area contributed by atoms with Gasteiger partial charge in [-0.15, -0.1) is 0 Å². The van der Waals surface area contributed by atoms with E-state index in [0.717, 1.165) is 0 Å². The fraction of sp³-hybridized carbons (Fsp3) is 0.286. The Hall–Kier alpha value is -2.31. The lowest BCUT2D eigenvalue weighted by Crippen LogP contribution is -2.43. The van der Waals surface area contributed by atoms with Crippen molar-refractivity contribution in [3.8, 4) is 0 Å². The molecule has 2 aromatic carbocycles. The molecule has 0 spiro atoms. The minimum absolute atomic E-state index is 0.195. The summed E-state index contributed by atoms with van der Waals surface area (Å²) < 4.78 is 28.4. The van der Waals surface area contributed by atoms with Crippen molar-refractivity contribution in [1.29, 1.82) is 0 Å². The molecule has 7 heteroatoms. The van der Waals surface area contributed by atoms with Crippen LogP contribution in [0.1, 0.15) is 31.9 Å². The van der Waals surface area contributed by atoms with Gasteiger partial charge in [0.1, 0.15) is 0 Å². The van der Waals surface area contributed by atoms with Crippen LogP contribution in [0, 0.1) is 0 Å². The number of rotatable bonds is 5. The van der Waals surface area contributed by atoms with Gasteiger partial charge in [-0.2, -0.15) is 0 Å². The van der Waals surface area contributed by atoms with E-state index in [9.17, 15) is 13.2 Å². The molecular weight excluding hydrogens is 396 g/mol. The van der Waals surface area contributed by atoms with Gasteiger partial charge in [0.15, 0.2) is 4.91 Å². The molecule has 148 valence electrons. The molecule has 1 heterocycles. The molecule has 0 fully saturated rings. The summed E-state index contributed by atoms with van der Waals surface area (Å²) in [5.41, 5.74) is 2.24. The van der Waals surface area contributed by atoms with E-state index >= 15 is 0 Å². The Kier molecular flexibility index (Phi) is 5.82. The first-order valence-electron chi connectivity index (χ1n) is 9.28. The zero-order chi connectivity index (χ0) is 20.5. The number of sulfonamides is 1. The molecule has 5 nitrogen and oxygen atoms in total. The van der Waals surface area contributed by atoms with Crippen molar-refractivity contribution in [3.05, 3.63) is 69.6 Å². The lowest BCUT2D eigenvalue weighted by Gasteiger charge is -2.34. The van der Waals surface area contributed by atoms with Crippen molar-refractivity contribution in [2.24, 2.45) is 0 Å². The molecule has 3 rings (SSSR count). The highest BCUT2D eigenvalue weighted by Gasteiger charge is 2.41. The topological polar surface area (TPSA) is 57.7 Å². The van der Waals surface area contributed by atoms with E-state index < -0.39 is 15.9 Å². The van der Waals surface area contributed by atoms with Crippen molar-refractivity contribution < 1.29 is 13.2 Å². The smallest absolute Gasteiger partial charge is 0.270 e. The first-order valence-corrected chi connectivity index (χ1v) is 11.1. The number of benzene rings is 2. The fourth-order valence-electron chi connectivity index (χ4n) is 3.52. The summed E-state index contributed by atoms with van der Waals surface area (Å²) in [5.74, 6) is -0.493. The summed E-state index contributed by atoms with van der Waals surface area (Å²) >= 11 is 6.25. The number of fused-ring (bicyclic) bond motifs is 1. The number of amides is 1. The van der Waals surface area contributed by atoms with Crippen molar-refractivity contribution >= 4 is 38.8 Å². The number of carbonyl (C=O) groups is 1. The predicted molar refractivity (Wildman–Crippen MR) is 114 cm³/mol. The van der Waals surface area contributed by atoms with Gasteiger partial charge >= 0.3 is 0 Å². The number of hydrogen-bond donors (Lipinski definition) is 0. The van der Waals surface area contributed by atoms with Crippen LogP contribution in [-0.4, -0.2) is 38.9 Å². The Morgan fingerprint density at radius 1 is 1.04 bits per heavy atom. The Labute approximate surface area is 171 Å². The number of halogens is 1. The van der Waals surface area contributed by atoms with Gasteiger partial charge in [-0.1, -0.05) is 41.9 Å². The molecule has 1 aliphatic heterocycles. The lowest BCUT2D eigenvalue weighted by atomic mass is 9.95. The molecule has 28 heavy (non-hydrogen) atoms. The van der Waals surface area contributed by atoms with Crippen LogP contribution in [0.25, 0.3) is 5.57 Å². The van der Waals surface area contributed by atoms with Crippen molar-refractivity contribution in [2.45, 2.75) is 20.8 Å². The standard InChI is InChI=1S/C21H23ClN2O3S/c1-4-23(5-2)21(25)20-19(15-10-8-7-9-11-15)17-14-16(22)12-13-18(17)24(6-3)28(20,26)27/h7-14H,4-6H2,1-3H3.